The summed E-state index contributed by atoms with van der Waals surface area (Å²) in [4.78, 5) is 11.2. The van der Waals surface area contributed by atoms with Crippen molar-refractivity contribution in [3.8, 4) is 11.5 Å². The van der Waals surface area contributed by atoms with E-state index in [9.17, 15) is 17.6 Å². The Morgan fingerprint density at radius 2 is 1.86 bits per heavy atom. The highest BCUT2D eigenvalue weighted by molar-refractivity contribution is 5.92. The highest BCUT2D eigenvalue weighted by atomic mass is 19.4. The minimum atomic E-state index is -4.79. The Labute approximate surface area is 214 Å². The fourth-order valence-corrected chi connectivity index (χ4v) is 4.25. The number of alkyl halides is 3. The average Bonchev–Trinajstić information content (AvgIpc) is 3.65. The normalized spacial score (nSPS) is 15.6. The van der Waals surface area contributed by atoms with Crippen LogP contribution in [-0.4, -0.2) is 48.2 Å². The number of nitrogens with zero attached hydrogens (tertiary/aromatic N) is 3. The Morgan fingerprint density at radius 3 is 2.51 bits per heavy atom. The summed E-state index contributed by atoms with van der Waals surface area (Å²) in [6.07, 6.45) is -2.24. The molecule has 0 aliphatic heterocycles. The van der Waals surface area contributed by atoms with E-state index in [4.69, 9.17) is 9.47 Å². The second-order valence-corrected chi connectivity index (χ2v) is 9.76. The van der Waals surface area contributed by atoms with Crippen LogP contribution in [0.1, 0.15) is 49.7 Å². The van der Waals surface area contributed by atoms with Gasteiger partial charge in [-0.2, -0.15) is 13.2 Å². The molecule has 3 aromatic rings. The van der Waals surface area contributed by atoms with E-state index in [0.29, 0.717) is 40.7 Å². The molecule has 0 bridgehead atoms. The van der Waals surface area contributed by atoms with Gasteiger partial charge in [-0.25, -0.2) is 14.4 Å². The number of fused-ring (bicyclic) bond motifs is 1. The molecule has 4 rings (SSSR count). The lowest BCUT2D eigenvalue weighted by molar-refractivity contribution is -0.140. The second-order valence-electron chi connectivity index (χ2n) is 9.76. The molecule has 10 heteroatoms. The number of ether oxygens (including phenoxy) is 2. The summed E-state index contributed by atoms with van der Waals surface area (Å²) in [5.74, 6) is 1.26. The van der Waals surface area contributed by atoms with E-state index in [-0.39, 0.29) is 11.6 Å². The lowest BCUT2D eigenvalue weighted by Crippen LogP contribution is -2.35. The molecule has 0 amide bonds. The minimum Gasteiger partial charge on any atom is -0.493 e. The molecule has 37 heavy (non-hydrogen) atoms. The number of benzene rings is 2. The van der Waals surface area contributed by atoms with Gasteiger partial charge in [-0.15, -0.1) is 0 Å². The third kappa shape index (κ3) is 6.23. The van der Waals surface area contributed by atoms with Crippen LogP contribution in [0.25, 0.3) is 10.9 Å². The zero-order valence-corrected chi connectivity index (χ0v) is 21.6. The Hall–Kier alpha value is -3.14. The van der Waals surface area contributed by atoms with Crippen LogP contribution in [0.4, 0.5) is 23.4 Å². The van der Waals surface area contributed by atoms with Crippen LogP contribution in [0, 0.1) is 18.7 Å². The lowest BCUT2D eigenvalue weighted by atomic mass is 10.0. The average molecular weight is 521 g/mol. The van der Waals surface area contributed by atoms with Gasteiger partial charge < -0.3 is 19.7 Å². The highest BCUT2D eigenvalue weighted by Crippen LogP contribution is 2.37. The molecule has 0 saturated heterocycles. The maximum absolute atomic E-state index is 14.8. The van der Waals surface area contributed by atoms with Crippen molar-refractivity contribution < 1.29 is 27.0 Å². The van der Waals surface area contributed by atoms with Crippen molar-refractivity contribution in [3.05, 3.63) is 53.1 Å². The number of halogens is 4. The first-order chi connectivity index (χ1) is 17.5. The Kier molecular flexibility index (Phi) is 7.77. The smallest absolute Gasteiger partial charge is 0.419 e. The van der Waals surface area contributed by atoms with E-state index in [2.05, 4.69) is 34.2 Å². The number of rotatable bonds is 10. The van der Waals surface area contributed by atoms with Crippen molar-refractivity contribution in [2.45, 2.75) is 51.9 Å². The van der Waals surface area contributed by atoms with Gasteiger partial charge in [0, 0.05) is 29.6 Å². The Bertz CT molecular complexity index is 1260. The first-order valence-corrected chi connectivity index (χ1v) is 12.3. The molecule has 1 N–H and O–H groups in total. The molecule has 1 fully saturated rings. The van der Waals surface area contributed by atoms with E-state index in [1.54, 1.807) is 33.1 Å². The molecule has 0 radical (unpaired) electrons. The Balaban J connectivity index is 1.62. The molecule has 6 nitrogen and oxygen atoms in total. The van der Waals surface area contributed by atoms with Gasteiger partial charge in [0.2, 0.25) is 0 Å². The number of methoxy groups -OCH3 is 1. The summed E-state index contributed by atoms with van der Waals surface area (Å²) in [6, 6.07) is 6.11. The summed E-state index contributed by atoms with van der Waals surface area (Å²) < 4.78 is 66.1. The summed E-state index contributed by atoms with van der Waals surface area (Å²) in [6.45, 7) is 6.85. The summed E-state index contributed by atoms with van der Waals surface area (Å²) in [5.41, 5.74) is -0.852. The fraction of sp³-hybridized carbons (Fsp3) is 0.481. The van der Waals surface area contributed by atoms with Crippen LogP contribution in [0.3, 0.4) is 0 Å². The van der Waals surface area contributed by atoms with Crippen molar-refractivity contribution in [1.29, 1.82) is 0 Å². The number of anilines is 1. The lowest BCUT2D eigenvalue weighted by Gasteiger charge is -2.25. The molecule has 1 saturated carbocycles. The van der Waals surface area contributed by atoms with Crippen LogP contribution < -0.4 is 14.8 Å². The molecular formula is C27H32F4N4O2. The first-order valence-electron chi connectivity index (χ1n) is 12.3. The van der Waals surface area contributed by atoms with Crippen LogP contribution in [0.15, 0.2) is 30.3 Å². The first kappa shape index (κ1) is 26.9. The van der Waals surface area contributed by atoms with E-state index < -0.39 is 23.6 Å². The minimum absolute atomic E-state index is 0.114. The molecule has 0 spiro atoms. The van der Waals surface area contributed by atoms with Gasteiger partial charge >= 0.3 is 6.18 Å². The molecular weight excluding hydrogens is 488 g/mol. The van der Waals surface area contributed by atoms with Crippen LogP contribution in [-0.2, 0) is 6.18 Å². The van der Waals surface area contributed by atoms with E-state index >= 15 is 0 Å². The van der Waals surface area contributed by atoms with Crippen LogP contribution in [0.2, 0.25) is 0 Å². The number of hydrogen-bond donors (Lipinski definition) is 1. The zero-order valence-electron chi connectivity index (χ0n) is 21.6. The summed E-state index contributed by atoms with van der Waals surface area (Å²) in [7, 11) is 3.62. The van der Waals surface area contributed by atoms with Gasteiger partial charge in [-0.05, 0) is 58.7 Å². The van der Waals surface area contributed by atoms with Crippen molar-refractivity contribution in [3.63, 3.8) is 0 Å². The van der Waals surface area contributed by atoms with Crippen LogP contribution in [0.5, 0.6) is 11.5 Å². The van der Waals surface area contributed by atoms with E-state index in [1.165, 1.54) is 25.0 Å². The molecule has 0 unspecified atom stereocenters. The number of nitrogens with one attached hydrogen (secondary N) is 1. The van der Waals surface area contributed by atoms with Crippen molar-refractivity contribution in [1.82, 2.24) is 14.9 Å². The molecule has 2 aromatic carbocycles. The van der Waals surface area contributed by atoms with Gasteiger partial charge in [0.05, 0.1) is 24.2 Å². The highest BCUT2D eigenvalue weighted by Gasteiger charge is 2.35. The number of aryl methyl sites for hydroxylation is 1. The standard InChI is InChI=1S/C27H32F4N4O2/c1-15(35(4)13-18-9-10-18)14-37-24-11-20-22(12-23(24)36-5)33-17(3)34-26(20)32-16(2)19-7-6-8-21(25(19)28)27(29,30)31/h6-8,11-12,15-16,18H,9-10,13-14H2,1-5H3,(H,32,33,34)/t15-,16+/m0/s1. The molecule has 1 aromatic heterocycles. The largest absolute Gasteiger partial charge is 0.493 e. The third-order valence-corrected chi connectivity index (χ3v) is 6.72. The molecule has 200 valence electrons. The molecule has 1 aliphatic carbocycles. The number of aromatic nitrogens is 2. The third-order valence-electron chi connectivity index (χ3n) is 6.72. The van der Waals surface area contributed by atoms with Crippen LogP contribution >= 0.6 is 0 Å². The maximum Gasteiger partial charge on any atom is 0.419 e. The zero-order chi connectivity index (χ0) is 26.9. The van der Waals surface area contributed by atoms with Gasteiger partial charge in [0.1, 0.15) is 24.1 Å². The van der Waals surface area contributed by atoms with Crippen molar-refractivity contribution >= 4 is 16.7 Å². The summed E-state index contributed by atoms with van der Waals surface area (Å²) in [5, 5.41) is 3.66. The SMILES string of the molecule is COc1cc2nc(C)nc(N[C@H](C)c3cccc(C(F)(F)F)c3F)c2cc1OC[C@H](C)N(C)CC1CC1. The van der Waals surface area contributed by atoms with Crippen molar-refractivity contribution in [2.24, 2.45) is 5.92 Å². The quantitative estimate of drug-likeness (QED) is 0.313. The van der Waals surface area contributed by atoms with Crippen molar-refractivity contribution in [2.75, 3.05) is 32.6 Å². The van der Waals surface area contributed by atoms with Gasteiger partial charge in [-0.3, -0.25) is 0 Å². The van der Waals surface area contributed by atoms with Gasteiger partial charge in [0.15, 0.2) is 11.5 Å². The molecule has 2 atom stereocenters. The predicted octanol–water partition coefficient (Wildman–Crippen LogP) is 6.39. The number of hydrogen-bond acceptors (Lipinski definition) is 6. The van der Waals surface area contributed by atoms with E-state index in [0.717, 1.165) is 18.5 Å². The Morgan fingerprint density at radius 1 is 1.14 bits per heavy atom. The van der Waals surface area contributed by atoms with Gasteiger partial charge in [0.25, 0.3) is 0 Å². The monoisotopic (exact) mass is 520 g/mol. The summed E-state index contributed by atoms with van der Waals surface area (Å²) >= 11 is 0. The molecule has 1 heterocycles. The number of likely N-dealkylation sites (N-methyl/N-ethyl adjacent to an activating group) is 1. The topological polar surface area (TPSA) is 59.5 Å². The second kappa shape index (κ2) is 10.7. The predicted molar refractivity (Wildman–Crippen MR) is 135 cm³/mol. The maximum atomic E-state index is 14.8. The molecule has 1 aliphatic rings. The van der Waals surface area contributed by atoms with Gasteiger partial charge in [-0.1, -0.05) is 12.1 Å². The van der Waals surface area contributed by atoms with E-state index in [1.807, 2.05) is 0 Å². The fourth-order valence-electron chi connectivity index (χ4n) is 4.25.